The molecule has 0 unspecified atom stereocenters. The lowest BCUT2D eigenvalue weighted by Gasteiger charge is -2.26. The van der Waals surface area contributed by atoms with Crippen LogP contribution in [-0.4, -0.2) is 37.6 Å². The molecule has 0 saturated carbocycles. The lowest BCUT2D eigenvalue weighted by molar-refractivity contribution is 0.0951. The SMILES string of the molecule is O=C(Nc1sc2c(c1C(=O)NCc1ccccc1)CCCC2)c1cccc(S(=O)(=O)N2CCCCC2)c1. The molecule has 5 rings (SSSR count). The van der Waals surface area contributed by atoms with Crippen molar-refractivity contribution in [2.24, 2.45) is 0 Å². The molecule has 1 saturated heterocycles. The topological polar surface area (TPSA) is 95.6 Å². The summed E-state index contributed by atoms with van der Waals surface area (Å²) < 4.78 is 27.8. The first-order valence-corrected chi connectivity index (χ1v) is 15.1. The first-order valence-electron chi connectivity index (χ1n) is 12.8. The number of sulfonamides is 1. The molecule has 1 aliphatic heterocycles. The molecule has 0 spiro atoms. The van der Waals surface area contributed by atoms with Gasteiger partial charge >= 0.3 is 0 Å². The second-order valence-corrected chi connectivity index (χ2v) is 12.6. The first-order chi connectivity index (χ1) is 17.9. The summed E-state index contributed by atoms with van der Waals surface area (Å²) in [5, 5.41) is 6.45. The third-order valence-electron chi connectivity index (χ3n) is 6.97. The molecule has 0 bridgehead atoms. The van der Waals surface area contributed by atoms with E-state index in [1.807, 2.05) is 30.3 Å². The van der Waals surface area contributed by atoms with Crippen molar-refractivity contribution in [3.63, 3.8) is 0 Å². The Morgan fingerprint density at radius 2 is 1.62 bits per heavy atom. The van der Waals surface area contributed by atoms with Crippen LogP contribution in [0, 0.1) is 0 Å². The number of fused-ring (bicyclic) bond motifs is 1. The van der Waals surface area contributed by atoms with Gasteiger partial charge in [0.05, 0.1) is 10.5 Å². The molecule has 194 valence electrons. The Morgan fingerprint density at radius 1 is 0.865 bits per heavy atom. The quantitative estimate of drug-likeness (QED) is 0.444. The fourth-order valence-electron chi connectivity index (χ4n) is 4.99. The highest BCUT2D eigenvalue weighted by molar-refractivity contribution is 7.89. The predicted octanol–water partition coefficient (Wildman–Crippen LogP) is 4.98. The summed E-state index contributed by atoms with van der Waals surface area (Å²) in [5.74, 6) is -0.633. The fraction of sp³-hybridized carbons (Fsp3) is 0.357. The van der Waals surface area contributed by atoms with Crippen molar-refractivity contribution in [2.45, 2.75) is 56.4 Å². The zero-order valence-electron chi connectivity index (χ0n) is 20.7. The third kappa shape index (κ3) is 5.63. The Bertz CT molecular complexity index is 1390. The molecule has 2 heterocycles. The van der Waals surface area contributed by atoms with Crippen molar-refractivity contribution in [1.82, 2.24) is 9.62 Å². The summed E-state index contributed by atoms with van der Waals surface area (Å²) in [6.45, 7) is 1.40. The van der Waals surface area contributed by atoms with Crippen LogP contribution in [0.4, 0.5) is 5.00 Å². The van der Waals surface area contributed by atoms with Gasteiger partial charge in [0.25, 0.3) is 11.8 Å². The molecule has 2 aliphatic rings. The van der Waals surface area contributed by atoms with Crippen LogP contribution in [0.1, 0.15) is 68.8 Å². The number of carbonyl (C=O) groups excluding carboxylic acids is 2. The number of amides is 2. The minimum atomic E-state index is -3.66. The number of nitrogens with one attached hydrogen (secondary N) is 2. The van der Waals surface area contributed by atoms with Crippen molar-refractivity contribution in [3.05, 3.63) is 81.7 Å². The fourth-order valence-corrected chi connectivity index (χ4v) is 7.83. The summed E-state index contributed by atoms with van der Waals surface area (Å²) in [4.78, 5) is 27.9. The van der Waals surface area contributed by atoms with Crippen LogP contribution in [0.25, 0.3) is 0 Å². The molecule has 37 heavy (non-hydrogen) atoms. The van der Waals surface area contributed by atoms with E-state index in [-0.39, 0.29) is 16.4 Å². The van der Waals surface area contributed by atoms with Gasteiger partial charge in [0, 0.05) is 30.1 Å². The number of anilines is 1. The van der Waals surface area contributed by atoms with E-state index in [1.165, 1.54) is 27.8 Å². The highest BCUT2D eigenvalue weighted by atomic mass is 32.2. The Hall–Kier alpha value is -3.01. The molecule has 2 aromatic carbocycles. The molecule has 1 aliphatic carbocycles. The Morgan fingerprint density at radius 3 is 2.41 bits per heavy atom. The summed E-state index contributed by atoms with van der Waals surface area (Å²) in [7, 11) is -3.66. The van der Waals surface area contributed by atoms with Crippen LogP contribution >= 0.6 is 11.3 Å². The predicted molar refractivity (Wildman–Crippen MR) is 146 cm³/mol. The molecule has 3 aromatic rings. The molecule has 9 heteroatoms. The number of piperidine rings is 1. The van der Waals surface area contributed by atoms with Crippen LogP contribution in [0.15, 0.2) is 59.5 Å². The Kier molecular flexibility index (Phi) is 7.73. The zero-order chi connectivity index (χ0) is 25.8. The van der Waals surface area contributed by atoms with E-state index < -0.39 is 15.9 Å². The van der Waals surface area contributed by atoms with Crippen LogP contribution in [-0.2, 0) is 29.4 Å². The Labute approximate surface area is 221 Å². The van der Waals surface area contributed by atoms with E-state index in [4.69, 9.17) is 0 Å². The number of aryl methyl sites for hydroxylation is 1. The average Bonchev–Trinajstić information content (AvgIpc) is 3.30. The van der Waals surface area contributed by atoms with E-state index in [1.54, 1.807) is 12.1 Å². The van der Waals surface area contributed by atoms with E-state index >= 15 is 0 Å². The maximum absolute atomic E-state index is 13.3. The lowest BCUT2D eigenvalue weighted by atomic mass is 9.95. The molecule has 7 nitrogen and oxygen atoms in total. The monoisotopic (exact) mass is 537 g/mol. The van der Waals surface area contributed by atoms with Crippen molar-refractivity contribution in [1.29, 1.82) is 0 Å². The maximum Gasteiger partial charge on any atom is 0.256 e. The average molecular weight is 538 g/mol. The van der Waals surface area contributed by atoms with Crippen molar-refractivity contribution in [2.75, 3.05) is 18.4 Å². The highest BCUT2D eigenvalue weighted by Gasteiger charge is 2.28. The van der Waals surface area contributed by atoms with E-state index in [2.05, 4.69) is 10.6 Å². The molecule has 0 radical (unpaired) electrons. The van der Waals surface area contributed by atoms with Crippen LogP contribution < -0.4 is 10.6 Å². The maximum atomic E-state index is 13.3. The summed E-state index contributed by atoms with van der Waals surface area (Å²) >= 11 is 1.45. The summed E-state index contributed by atoms with van der Waals surface area (Å²) in [5.41, 5.74) is 2.79. The molecule has 0 atom stereocenters. The van der Waals surface area contributed by atoms with Crippen LogP contribution in [0.2, 0.25) is 0 Å². The van der Waals surface area contributed by atoms with Gasteiger partial charge < -0.3 is 10.6 Å². The van der Waals surface area contributed by atoms with Crippen molar-refractivity contribution < 1.29 is 18.0 Å². The zero-order valence-corrected chi connectivity index (χ0v) is 22.3. The van der Waals surface area contributed by atoms with Gasteiger partial charge in [-0.15, -0.1) is 11.3 Å². The van der Waals surface area contributed by atoms with Gasteiger partial charge in [-0.2, -0.15) is 4.31 Å². The number of thiophene rings is 1. The molecule has 1 aromatic heterocycles. The normalized spacial score (nSPS) is 16.1. The number of hydrogen-bond acceptors (Lipinski definition) is 5. The van der Waals surface area contributed by atoms with Gasteiger partial charge in [-0.05, 0) is 67.9 Å². The number of rotatable bonds is 7. The molecule has 1 fully saturated rings. The van der Waals surface area contributed by atoms with Gasteiger partial charge in [-0.1, -0.05) is 42.8 Å². The van der Waals surface area contributed by atoms with E-state index in [0.717, 1.165) is 60.9 Å². The van der Waals surface area contributed by atoms with Crippen molar-refractivity contribution in [3.8, 4) is 0 Å². The third-order valence-corrected chi connectivity index (χ3v) is 10.1. The van der Waals surface area contributed by atoms with Gasteiger partial charge in [0.1, 0.15) is 5.00 Å². The molecular formula is C28H31N3O4S2. The number of nitrogens with zero attached hydrogens (tertiary/aromatic N) is 1. The smallest absolute Gasteiger partial charge is 0.256 e. The second kappa shape index (κ2) is 11.2. The molecular weight excluding hydrogens is 506 g/mol. The van der Waals surface area contributed by atoms with Gasteiger partial charge in [-0.25, -0.2) is 8.42 Å². The largest absolute Gasteiger partial charge is 0.348 e. The minimum absolute atomic E-state index is 0.119. The number of hydrogen-bond donors (Lipinski definition) is 2. The van der Waals surface area contributed by atoms with Gasteiger partial charge in [0.15, 0.2) is 0 Å². The van der Waals surface area contributed by atoms with E-state index in [9.17, 15) is 18.0 Å². The Balaban J connectivity index is 1.38. The number of benzene rings is 2. The van der Waals surface area contributed by atoms with Crippen LogP contribution in [0.5, 0.6) is 0 Å². The summed E-state index contributed by atoms with van der Waals surface area (Å²) in [6, 6.07) is 15.9. The van der Waals surface area contributed by atoms with Gasteiger partial charge in [-0.3, -0.25) is 9.59 Å². The van der Waals surface area contributed by atoms with Gasteiger partial charge in [0.2, 0.25) is 10.0 Å². The standard InChI is InChI=1S/C28H31N3O4S2/c32-26(21-12-9-13-22(18-21)37(34,35)31-16-7-2-8-17-31)30-28-25(23-14-5-6-15-24(23)36-28)27(33)29-19-20-10-3-1-4-11-20/h1,3-4,9-13,18H,2,5-8,14-17,19H2,(H,29,33)(H,30,32). The molecule has 2 amide bonds. The molecule has 2 N–H and O–H groups in total. The summed E-state index contributed by atoms with van der Waals surface area (Å²) in [6.07, 6.45) is 6.47. The first kappa shape index (κ1) is 25.6. The second-order valence-electron chi connectivity index (χ2n) is 9.53. The van der Waals surface area contributed by atoms with E-state index in [0.29, 0.717) is 30.2 Å². The minimum Gasteiger partial charge on any atom is -0.348 e. The van der Waals surface area contributed by atoms with Crippen molar-refractivity contribution >= 4 is 38.2 Å². The van der Waals surface area contributed by atoms with Crippen LogP contribution in [0.3, 0.4) is 0 Å². The lowest BCUT2D eigenvalue weighted by Crippen LogP contribution is -2.35. The highest BCUT2D eigenvalue weighted by Crippen LogP contribution is 2.38. The number of carbonyl (C=O) groups is 2.